The van der Waals surface area contributed by atoms with Gasteiger partial charge in [0, 0.05) is 27.9 Å². The van der Waals surface area contributed by atoms with E-state index in [2.05, 4.69) is 9.97 Å². The lowest BCUT2D eigenvalue weighted by Crippen LogP contribution is -2.40. The summed E-state index contributed by atoms with van der Waals surface area (Å²) in [5.74, 6) is -1.87. The lowest BCUT2D eigenvalue weighted by molar-refractivity contribution is -0.166. The van der Waals surface area contributed by atoms with Crippen LogP contribution in [0.4, 0.5) is 0 Å². The fourth-order valence-electron chi connectivity index (χ4n) is 3.45. The van der Waals surface area contributed by atoms with Crippen molar-refractivity contribution in [3.05, 3.63) is 23.0 Å². The molecule has 0 radical (unpaired) electrons. The van der Waals surface area contributed by atoms with Crippen LogP contribution in [-0.4, -0.2) is 82.3 Å². The Bertz CT molecular complexity index is 1100. The normalized spacial score (nSPS) is 22.0. The maximum absolute atomic E-state index is 12.8. The van der Waals surface area contributed by atoms with Crippen LogP contribution < -0.4 is 5.56 Å². The van der Waals surface area contributed by atoms with Crippen molar-refractivity contribution in [1.82, 2.24) is 19.1 Å². The second-order valence-corrected chi connectivity index (χ2v) is 7.39. The van der Waals surface area contributed by atoms with Crippen molar-refractivity contribution < 1.29 is 42.8 Å². The third-order valence-electron chi connectivity index (χ3n) is 4.83. The zero-order valence-electron chi connectivity index (χ0n) is 19.2. The van der Waals surface area contributed by atoms with Crippen LogP contribution in [0.2, 0.25) is 0 Å². The predicted octanol–water partition coefficient (Wildman–Crippen LogP) is -0.463. The number of esters is 3. The summed E-state index contributed by atoms with van der Waals surface area (Å²) in [6, 6.07) is 0. The van der Waals surface area contributed by atoms with E-state index in [1.54, 1.807) is 0 Å². The van der Waals surface area contributed by atoms with Gasteiger partial charge in [0.15, 0.2) is 29.6 Å². The molecule has 0 aromatic carbocycles. The summed E-state index contributed by atoms with van der Waals surface area (Å²) in [7, 11) is 1.53. The molecule has 0 amide bonds. The van der Waals surface area contributed by atoms with Crippen LogP contribution >= 0.6 is 0 Å². The molecule has 14 nitrogen and oxygen atoms in total. The van der Waals surface area contributed by atoms with Gasteiger partial charge in [-0.25, -0.2) is 9.97 Å². The minimum absolute atomic E-state index is 0.0236. The minimum atomic E-state index is -1.12. The van der Waals surface area contributed by atoms with Gasteiger partial charge in [-0.3, -0.25) is 28.3 Å². The number of fused-ring (bicyclic) bond motifs is 1. The number of aromatic nitrogens is 4. The van der Waals surface area contributed by atoms with Crippen LogP contribution in [0.1, 0.15) is 27.0 Å². The molecule has 3 heterocycles. The number of carbonyl (C=O) groups is 3. The molecule has 0 spiro atoms. The molecular formula is C20H26N4O10. The maximum Gasteiger partial charge on any atom is 0.303 e. The molecule has 186 valence electrons. The molecule has 34 heavy (non-hydrogen) atoms. The van der Waals surface area contributed by atoms with Crippen molar-refractivity contribution in [2.75, 3.05) is 26.9 Å². The van der Waals surface area contributed by atoms with Gasteiger partial charge in [0.1, 0.15) is 25.8 Å². The molecule has 4 atom stereocenters. The highest BCUT2D eigenvalue weighted by molar-refractivity contribution is 5.70. The second kappa shape index (κ2) is 11.2. The maximum atomic E-state index is 12.8. The molecule has 14 heteroatoms. The summed E-state index contributed by atoms with van der Waals surface area (Å²) in [5.41, 5.74) is -0.290. The van der Waals surface area contributed by atoms with Gasteiger partial charge in [-0.2, -0.15) is 0 Å². The summed E-state index contributed by atoms with van der Waals surface area (Å²) in [5, 5.41) is 0. The average Bonchev–Trinajstić information content (AvgIpc) is 3.33. The summed E-state index contributed by atoms with van der Waals surface area (Å²) >= 11 is 0. The monoisotopic (exact) mass is 482 g/mol. The molecule has 1 fully saturated rings. The van der Waals surface area contributed by atoms with Gasteiger partial charge in [-0.1, -0.05) is 0 Å². The van der Waals surface area contributed by atoms with Gasteiger partial charge in [0.05, 0.1) is 19.5 Å². The number of rotatable bonds is 10. The number of nitrogens with zero attached hydrogens (tertiary/aromatic N) is 4. The van der Waals surface area contributed by atoms with E-state index >= 15 is 0 Å². The molecular weight excluding hydrogens is 456 g/mol. The number of methoxy groups -OCH3 is 1. The number of carbonyl (C=O) groups excluding carboxylic acids is 3. The van der Waals surface area contributed by atoms with E-state index in [9.17, 15) is 19.2 Å². The quantitative estimate of drug-likeness (QED) is 0.244. The Morgan fingerprint density at radius 2 is 1.71 bits per heavy atom. The molecule has 0 N–H and O–H groups in total. The van der Waals surface area contributed by atoms with E-state index in [1.165, 1.54) is 49.7 Å². The molecule has 0 bridgehead atoms. The van der Waals surface area contributed by atoms with Gasteiger partial charge in [0.25, 0.3) is 5.56 Å². The molecule has 1 aliphatic heterocycles. The van der Waals surface area contributed by atoms with Crippen molar-refractivity contribution in [1.29, 1.82) is 0 Å². The van der Waals surface area contributed by atoms with Crippen molar-refractivity contribution in [2.24, 2.45) is 0 Å². The Morgan fingerprint density at radius 1 is 1.00 bits per heavy atom. The molecule has 0 aliphatic carbocycles. The Kier molecular flexibility index (Phi) is 8.31. The summed E-state index contributed by atoms with van der Waals surface area (Å²) in [6.45, 7) is 3.94. The highest BCUT2D eigenvalue weighted by Crippen LogP contribution is 2.35. The largest absolute Gasteiger partial charge is 0.463 e. The fraction of sp³-hybridized carbons (Fsp3) is 0.600. The second-order valence-electron chi connectivity index (χ2n) is 7.39. The van der Waals surface area contributed by atoms with Crippen LogP contribution in [-0.2, 0) is 49.5 Å². The van der Waals surface area contributed by atoms with E-state index < -0.39 is 48.0 Å². The zero-order valence-corrected chi connectivity index (χ0v) is 19.2. The first-order chi connectivity index (χ1) is 16.2. The van der Waals surface area contributed by atoms with Gasteiger partial charge in [-0.15, -0.1) is 0 Å². The van der Waals surface area contributed by atoms with E-state index in [1.807, 2.05) is 0 Å². The molecule has 2 aromatic heterocycles. The molecule has 1 aliphatic rings. The summed E-state index contributed by atoms with van der Waals surface area (Å²) in [6.07, 6.45) is -1.65. The predicted molar refractivity (Wildman–Crippen MR) is 111 cm³/mol. The first-order valence-electron chi connectivity index (χ1n) is 10.3. The van der Waals surface area contributed by atoms with Crippen LogP contribution in [0.25, 0.3) is 11.2 Å². The Labute approximate surface area is 193 Å². The first-order valence-corrected chi connectivity index (χ1v) is 10.3. The lowest BCUT2D eigenvalue weighted by Gasteiger charge is -2.23. The fourth-order valence-corrected chi connectivity index (χ4v) is 3.45. The topological polar surface area (TPSA) is 159 Å². The van der Waals surface area contributed by atoms with Crippen molar-refractivity contribution in [3.63, 3.8) is 0 Å². The van der Waals surface area contributed by atoms with Gasteiger partial charge in [0.2, 0.25) is 0 Å². The van der Waals surface area contributed by atoms with Gasteiger partial charge < -0.3 is 28.4 Å². The number of hydrogen-bond donors (Lipinski definition) is 0. The zero-order chi connectivity index (χ0) is 24.8. The van der Waals surface area contributed by atoms with E-state index in [-0.39, 0.29) is 31.1 Å². The molecule has 1 saturated heterocycles. The SMILES string of the molecule is COCCOCn1cnc2c(ncn2[C@@H]2O[C@H](COC(C)=O)[C@@H](OC(C)=O)[C@@H]2OC(C)=O)c1=O. The van der Waals surface area contributed by atoms with E-state index in [0.717, 1.165) is 0 Å². The Balaban J connectivity index is 1.94. The van der Waals surface area contributed by atoms with Crippen LogP contribution in [0.3, 0.4) is 0 Å². The average molecular weight is 482 g/mol. The van der Waals surface area contributed by atoms with Crippen molar-refractivity contribution in [3.8, 4) is 0 Å². The lowest BCUT2D eigenvalue weighted by atomic mass is 10.1. The first kappa shape index (κ1) is 25.3. The molecule has 2 aromatic rings. The smallest absolute Gasteiger partial charge is 0.303 e. The van der Waals surface area contributed by atoms with E-state index in [4.69, 9.17) is 28.4 Å². The number of imidazole rings is 1. The van der Waals surface area contributed by atoms with Crippen LogP contribution in [0.5, 0.6) is 0 Å². The molecule has 0 unspecified atom stereocenters. The van der Waals surface area contributed by atoms with Crippen LogP contribution in [0.15, 0.2) is 17.4 Å². The van der Waals surface area contributed by atoms with Crippen molar-refractivity contribution >= 4 is 29.1 Å². The highest BCUT2D eigenvalue weighted by atomic mass is 16.7. The third-order valence-corrected chi connectivity index (χ3v) is 4.83. The summed E-state index contributed by atoms with van der Waals surface area (Å²) in [4.78, 5) is 56.1. The van der Waals surface area contributed by atoms with Gasteiger partial charge in [-0.05, 0) is 0 Å². The van der Waals surface area contributed by atoms with Crippen molar-refractivity contribution in [2.45, 2.75) is 52.0 Å². The molecule has 3 rings (SSSR count). The Hall–Kier alpha value is -3.36. The Morgan fingerprint density at radius 3 is 2.35 bits per heavy atom. The standard InChI is InChI=1S/C20H26N4O10/c1-11(25)31-7-14-16(32-12(2)26)17(33-13(3)27)20(34-14)24-9-21-15-18(24)22-8-23(19(15)28)10-30-6-5-29-4/h8-9,14,16-17,20H,5-7,10H2,1-4H3/t14-,16-,17+,20-/m1/s1. The minimum Gasteiger partial charge on any atom is -0.463 e. The van der Waals surface area contributed by atoms with Crippen LogP contribution in [0, 0.1) is 0 Å². The third kappa shape index (κ3) is 5.76. The molecule has 0 saturated carbocycles. The highest BCUT2D eigenvalue weighted by Gasteiger charge is 2.51. The number of ether oxygens (including phenoxy) is 6. The van der Waals surface area contributed by atoms with E-state index in [0.29, 0.717) is 6.61 Å². The summed E-state index contributed by atoms with van der Waals surface area (Å²) < 4.78 is 34.6. The number of hydrogen-bond acceptors (Lipinski definition) is 12. The van der Waals surface area contributed by atoms with Gasteiger partial charge >= 0.3 is 17.9 Å².